The molecule has 0 spiro atoms. The summed E-state index contributed by atoms with van der Waals surface area (Å²) in [5.74, 6) is 0. The van der Waals surface area contributed by atoms with Crippen molar-refractivity contribution in [2.24, 2.45) is 0 Å². The zero-order valence-electron chi connectivity index (χ0n) is 7.10. The standard InChI is InChI=1S/C6H15O3P.2ClH/c1-2-3-4-5-6-10(7,8)9;;/h2-6H2,1H3,(H2,7,8,9);2*1H. The Hall–Kier alpha value is 0.730. The fourth-order valence-corrected chi connectivity index (χ4v) is 1.38. The zero-order chi connectivity index (χ0) is 8.04. The lowest BCUT2D eigenvalue weighted by molar-refractivity contribution is 0.371. The molecule has 3 nitrogen and oxygen atoms in total. The molecule has 2 N–H and O–H groups in total. The van der Waals surface area contributed by atoms with Crippen molar-refractivity contribution < 1.29 is 14.4 Å². The van der Waals surface area contributed by atoms with E-state index in [1.165, 1.54) is 0 Å². The van der Waals surface area contributed by atoms with Gasteiger partial charge in [0.1, 0.15) is 0 Å². The Labute approximate surface area is 85.9 Å². The summed E-state index contributed by atoms with van der Waals surface area (Å²) in [6.07, 6.45) is 3.80. The molecule has 6 heteroatoms. The van der Waals surface area contributed by atoms with Crippen LogP contribution in [0.4, 0.5) is 0 Å². The molecule has 0 aliphatic carbocycles. The van der Waals surface area contributed by atoms with Crippen LogP contribution >= 0.6 is 32.4 Å². The zero-order valence-corrected chi connectivity index (χ0v) is 9.63. The molecule has 0 saturated carbocycles. The smallest absolute Gasteiger partial charge is 0.324 e. The minimum Gasteiger partial charge on any atom is -0.324 e. The largest absolute Gasteiger partial charge is 0.325 e. The van der Waals surface area contributed by atoms with Crippen LogP contribution in [0.1, 0.15) is 32.6 Å². The highest BCUT2D eigenvalue weighted by Crippen LogP contribution is 2.35. The van der Waals surface area contributed by atoms with Crippen molar-refractivity contribution in [2.75, 3.05) is 6.16 Å². The molecule has 0 rings (SSSR count). The molecular formula is C6H17Cl2O3P. The first kappa shape index (κ1) is 18.5. The number of rotatable bonds is 5. The molecule has 78 valence electrons. The monoisotopic (exact) mass is 238 g/mol. The minimum atomic E-state index is -3.71. The molecule has 0 aromatic carbocycles. The summed E-state index contributed by atoms with van der Waals surface area (Å²) in [5.41, 5.74) is 0. The topological polar surface area (TPSA) is 57.5 Å². The van der Waals surface area contributed by atoms with Crippen molar-refractivity contribution in [3.05, 3.63) is 0 Å². The second-order valence-corrected chi connectivity index (χ2v) is 4.23. The van der Waals surface area contributed by atoms with Crippen LogP contribution in [0.25, 0.3) is 0 Å². The first-order valence-electron chi connectivity index (χ1n) is 3.61. The van der Waals surface area contributed by atoms with Crippen LogP contribution in [0.3, 0.4) is 0 Å². The molecule has 0 atom stereocenters. The Kier molecular flexibility index (Phi) is 15.1. The summed E-state index contributed by atoms with van der Waals surface area (Å²) in [6, 6.07) is 0. The number of halogens is 2. The molecule has 0 aliphatic heterocycles. The minimum absolute atomic E-state index is 0. The highest BCUT2D eigenvalue weighted by molar-refractivity contribution is 7.51. The fraction of sp³-hybridized carbons (Fsp3) is 1.00. The van der Waals surface area contributed by atoms with Gasteiger partial charge in [-0.05, 0) is 6.42 Å². The van der Waals surface area contributed by atoms with E-state index >= 15 is 0 Å². The third-order valence-electron chi connectivity index (χ3n) is 1.30. The second kappa shape index (κ2) is 9.82. The Morgan fingerprint density at radius 1 is 1.08 bits per heavy atom. The molecule has 0 unspecified atom stereocenters. The van der Waals surface area contributed by atoms with Crippen molar-refractivity contribution in [1.29, 1.82) is 0 Å². The highest BCUT2D eigenvalue weighted by Gasteiger charge is 2.10. The Morgan fingerprint density at radius 2 is 1.58 bits per heavy atom. The number of unbranched alkanes of at least 4 members (excludes halogenated alkanes) is 3. The third kappa shape index (κ3) is 17.0. The lowest BCUT2D eigenvalue weighted by Gasteiger charge is -2.01. The average Bonchev–Trinajstić information content (AvgIpc) is 1.78. The third-order valence-corrected chi connectivity index (χ3v) is 2.20. The fourth-order valence-electron chi connectivity index (χ4n) is 0.745. The summed E-state index contributed by atoms with van der Waals surface area (Å²) >= 11 is 0. The summed E-state index contributed by atoms with van der Waals surface area (Å²) in [7, 11) is -3.71. The van der Waals surface area contributed by atoms with Crippen LogP contribution in [0.2, 0.25) is 0 Å². The molecule has 0 saturated heterocycles. The van der Waals surface area contributed by atoms with E-state index < -0.39 is 7.60 Å². The first-order chi connectivity index (χ1) is 4.56. The molecule has 0 fully saturated rings. The molecule has 0 radical (unpaired) electrons. The van der Waals surface area contributed by atoms with Gasteiger partial charge < -0.3 is 9.79 Å². The van der Waals surface area contributed by atoms with Gasteiger partial charge in [-0.2, -0.15) is 0 Å². The van der Waals surface area contributed by atoms with Gasteiger partial charge >= 0.3 is 7.60 Å². The normalized spacial score (nSPS) is 9.92. The Balaban J connectivity index is -0.000000405. The van der Waals surface area contributed by atoms with Crippen LogP contribution in [0.15, 0.2) is 0 Å². The molecule has 12 heavy (non-hydrogen) atoms. The van der Waals surface area contributed by atoms with Gasteiger partial charge in [-0.3, -0.25) is 4.57 Å². The summed E-state index contributed by atoms with van der Waals surface area (Å²) in [4.78, 5) is 16.9. The van der Waals surface area contributed by atoms with Gasteiger partial charge in [0.25, 0.3) is 0 Å². The maximum absolute atomic E-state index is 10.3. The molecular weight excluding hydrogens is 222 g/mol. The van der Waals surface area contributed by atoms with E-state index in [1.807, 2.05) is 0 Å². The van der Waals surface area contributed by atoms with Gasteiger partial charge in [-0.25, -0.2) is 0 Å². The molecule has 0 bridgehead atoms. The molecule has 0 aromatic heterocycles. The Bertz CT molecular complexity index is 126. The van der Waals surface area contributed by atoms with Crippen molar-refractivity contribution in [1.82, 2.24) is 0 Å². The molecule has 0 aliphatic rings. The van der Waals surface area contributed by atoms with Crippen molar-refractivity contribution in [2.45, 2.75) is 32.6 Å². The van der Waals surface area contributed by atoms with E-state index in [-0.39, 0.29) is 31.0 Å². The van der Waals surface area contributed by atoms with E-state index in [9.17, 15) is 4.57 Å². The second-order valence-electron chi connectivity index (χ2n) is 2.45. The van der Waals surface area contributed by atoms with Gasteiger partial charge in [0, 0.05) is 6.16 Å². The predicted octanol–water partition coefficient (Wildman–Crippen LogP) is 2.59. The van der Waals surface area contributed by atoms with E-state index in [0.29, 0.717) is 6.42 Å². The van der Waals surface area contributed by atoms with E-state index in [1.54, 1.807) is 0 Å². The van der Waals surface area contributed by atoms with Crippen LogP contribution < -0.4 is 0 Å². The van der Waals surface area contributed by atoms with E-state index in [0.717, 1.165) is 19.3 Å². The maximum Gasteiger partial charge on any atom is 0.325 e. The van der Waals surface area contributed by atoms with E-state index in [2.05, 4.69) is 6.92 Å². The van der Waals surface area contributed by atoms with Gasteiger partial charge in [0.05, 0.1) is 0 Å². The van der Waals surface area contributed by atoms with Gasteiger partial charge in [0.15, 0.2) is 0 Å². The number of hydrogen-bond acceptors (Lipinski definition) is 1. The molecule has 0 heterocycles. The maximum atomic E-state index is 10.3. The Morgan fingerprint density at radius 3 is 1.92 bits per heavy atom. The summed E-state index contributed by atoms with van der Waals surface area (Å²) in [5, 5.41) is 0. The van der Waals surface area contributed by atoms with Crippen LogP contribution in [0.5, 0.6) is 0 Å². The van der Waals surface area contributed by atoms with Crippen molar-refractivity contribution in [3.8, 4) is 0 Å². The summed E-state index contributed by atoms with van der Waals surface area (Å²) < 4.78 is 10.3. The van der Waals surface area contributed by atoms with Crippen LogP contribution in [-0.4, -0.2) is 15.9 Å². The van der Waals surface area contributed by atoms with Gasteiger partial charge in [0.2, 0.25) is 0 Å². The lowest BCUT2D eigenvalue weighted by atomic mass is 10.2. The SMILES string of the molecule is CCCCCCP(=O)(O)O.Cl.Cl. The van der Waals surface area contributed by atoms with Crippen molar-refractivity contribution in [3.63, 3.8) is 0 Å². The lowest BCUT2D eigenvalue weighted by Crippen LogP contribution is -1.87. The number of hydrogen-bond donors (Lipinski definition) is 2. The summed E-state index contributed by atoms with van der Waals surface area (Å²) in [6.45, 7) is 2.07. The van der Waals surface area contributed by atoms with Crippen molar-refractivity contribution >= 4 is 32.4 Å². The van der Waals surface area contributed by atoms with Crippen LogP contribution in [-0.2, 0) is 4.57 Å². The first-order valence-corrected chi connectivity index (χ1v) is 5.40. The van der Waals surface area contributed by atoms with Gasteiger partial charge in [-0.1, -0.05) is 26.2 Å². The quantitative estimate of drug-likeness (QED) is 0.572. The van der Waals surface area contributed by atoms with Gasteiger partial charge in [-0.15, -0.1) is 24.8 Å². The predicted molar refractivity (Wildman–Crippen MR) is 55.5 cm³/mol. The highest BCUT2D eigenvalue weighted by atomic mass is 35.5. The average molecular weight is 239 g/mol. The van der Waals surface area contributed by atoms with E-state index in [4.69, 9.17) is 9.79 Å². The van der Waals surface area contributed by atoms with Crippen LogP contribution in [0, 0.1) is 0 Å². The molecule has 0 aromatic rings. The molecule has 0 amide bonds.